The molecule has 0 radical (unpaired) electrons. The Bertz CT molecular complexity index is 257. The first-order valence-corrected chi connectivity index (χ1v) is 5.10. The lowest BCUT2D eigenvalue weighted by Crippen LogP contribution is -2.25. The van der Waals surface area contributed by atoms with Crippen LogP contribution in [0.4, 0.5) is 0 Å². The fraction of sp³-hybridized carbons (Fsp3) is 0.625. The molecule has 0 saturated carbocycles. The number of carbonyl (C=O) groups excluding carboxylic acids is 1. The van der Waals surface area contributed by atoms with Crippen LogP contribution >= 0.6 is 11.8 Å². The van der Waals surface area contributed by atoms with Crippen molar-refractivity contribution in [2.45, 2.75) is 20.8 Å². The van der Waals surface area contributed by atoms with Crippen molar-refractivity contribution < 1.29 is 4.79 Å². The second kappa shape index (κ2) is 3.91. The maximum Gasteiger partial charge on any atom is 0.259 e. The van der Waals surface area contributed by atoms with Gasteiger partial charge in [-0.1, -0.05) is 25.6 Å². The van der Waals surface area contributed by atoms with Crippen molar-refractivity contribution in [3.05, 3.63) is 0 Å². The highest BCUT2D eigenvalue weighted by molar-refractivity contribution is 8.14. The van der Waals surface area contributed by atoms with Gasteiger partial charge in [0, 0.05) is 5.71 Å². The van der Waals surface area contributed by atoms with E-state index in [1.807, 2.05) is 20.8 Å². The summed E-state index contributed by atoms with van der Waals surface area (Å²) in [6, 6.07) is 0. The Hall–Kier alpha value is -0.840. The fourth-order valence-corrected chi connectivity index (χ4v) is 1.39. The number of hydrogen-bond donors (Lipinski definition) is 1. The predicted octanol–water partition coefficient (Wildman–Crippen LogP) is 1.53. The van der Waals surface area contributed by atoms with E-state index in [9.17, 15) is 4.79 Å². The van der Waals surface area contributed by atoms with E-state index < -0.39 is 0 Å². The number of hydrazone groups is 1. The molecule has 1 amide bonds. The van der Waals surface area contributed by atoms with Gasteiger partial charge in [-0.05, 0) is 12.8 Å². The van der Waals surface area contributed by atoms with E-state index in [0.29, 0.717) is 11.7 Å². The predicted molar refractivity (Wildman–Crippen MR) is 55.0 cm³/mol. The maximum absolute atomic E-state index is 11.2. The molecule has 0 unspecified atom stereocenters. The number of carbonyl (C=O) groups is 1. The van der Waals surface area contributed by atoms with Crippen LogP contribution in [0.3, 0.4) is 0 Å². The molecule has 0 aromatic rings. The summed E-state index contributed by atoms with van der Waals surface area (Å²) in [5, 5.41) is 12.9. The Labute approximate surface area is 81.9 Å². The molecule has 0 aliphatic carbocycles. The van der Waals surface area contributed by atoms with Gasteiger partial charge >= 0.3 is 0 Å². The van der Waals surface area contributed by atoms with Crippen molar-refractivity contribution in [2.75, 3.05) is 5.75 Å². The van der Waals surface area contributed by atoms with Crippen molar-refractivity contribution in [2.24, 2.45) is 11.0 Å². The molecule has 1 aliphatic heterocycles. The van der Waals surface area contributed by atoms with Crippen LogP contribution < -0.4 is 0 Å². The third-order valence-corrected chi connectivity index (χ3v) is 2.69. The van der Waals surface area contributed by atoms with Gasteiger partial charge in [-0.2, -0.15) is 10.1 Å². The molecule has 1 saturated heterocycles. The molecule has 1 heterocycles. The van der Waals surface area contributed by atoms with Gasteiger partial charge in [0.05, 0.1) is 5.75 Å². The summed E-state index contributed by atoms with van der Waals surface area (Å²) in [5.41, 5.74) is 0.876. The first kappa shape index (κ1) is 10.2. The van der Waals surface area contributed by atoms with Gasteiger partial charge in [0.2, 0.25) is 0 Å². The lowest BCUT2D eigenvalue weighted by Gasteiger charge is -2.11. The van der Waals surface area contributed by atoms with E-state index >= 15 is 0 Å². The van der Waals surface area contributed by atoms with Gasteiger partial charge in [-0.15, -0.1) is 0 Å². The molecule has 5 heteroatoms. The number of thioether (sulfide) groups is 1. The van der Waals surface area contributed by atoms with Crippen LogP contribution in [0.15, 0.2) is 5.10 Å². The van der Waals surface area contributed by atoms with Crippen LogP contribution in [0.5, 0.6) is 0 Å². The van der Waals surface area contributed by atoms with Crippen molar-refractivity contribution in [3.63, 3.8) is 0 Å². The molecule has 1 N–H and O–H groups in total. The van der Waals surface area contributed by atoms with Crippen molar-refractivity contribution in [1.82, 2.24) is 5.01 Å². The number of amidine groups is 1. The highest BCUT2D eigenvalue weighted by Gasteiger charge is 2.26. The minimum Gasteiger partial charge on any atom is -0.277 e. The Morgan fingerprint density at radius 3 is 2.69 bits per heavy atom. The molecule has 0 bridgehead atoms. The second-order valence-electron chi connectivity index (χ2n) is 3.20. The van der Waals surface area contributed by atoms with Gasteiger partial charge < -0.3 is 0 Å². The third-order valence-electron chi connectivity index (χ3n) is 1.85. The van der Waals surface area contributed by atoms with Gasteiger partial charge in [0.15, 0.2) is 5.17 Å². The summed E-state index contributed by atoms with van der Waals surface area (Å²) in [6.07, 6.45) is 0. The molecular formula is C8H13N3OS. The zero-order valence-corrected chi connectivity index (χ0v) is 8.81. The first-order chi connectivity index (χ1) is 6.02. The topological polar surface area (TPSA) is 56.5 Å². The molecule has 1 fully saturated rings. The van der Waals surface area contributed by atoms with E-state index in [0.717, 1.165) is 5.71 Å². The molecule has 4 nitrogen and oxygen atoms in total. The maximum atomic E-state index is 11.2. The number of nitrogens with one attached hydrogen (secondary N) is 1. The Kier molecular flexibility index (Phi) is 3.08. The zero-order chi connectivity index (χ0) is 10.0. The van der Waals surface area contributed by atoms with E-state index in [1.54, 1.807) is 0 Å². The van der Waals surface area contributed by atoms with Crippen molar-refractivity contribution in [1.29, 1.82) is 5.41 Å². The summed E-state index contributed by atoms with van der Waals surface area (Å²) in [5.74, 6) is 0.550. The molecule has 13 heavy (non-hydrogen) atoms. The van der Waals surface area contributed by atoms with Crippen molar-refractivity contribution >= 4 is 28.5 Å². The molecule has 1 aliphatic rings. The molecule has 1 rings (SSSR count). The minimum absolute atomic E-state index is 0.102. The first-order valence-electron chi connectivity index (χ1n) is 4.11. The average molecular weight is 199 g/mol. The normalized spacial score (nSPS) is 19.1. The monoisotopic (exact) mass is 199 g/mol. The second-order valence-corrected chi connectivity index (χ2v) is 4.16. The summed E-state index contributed by atoms with van der Waals surface area (Å²) >= 11 is 1.22. The van der Waals surface area contributed by atoms with Gasteiger partial charge in [-0.3, -0.25) is 10.2 Å². The van der Waals surface area contributed by atoms with Crippen LogP contribution in [0.2, 0.25) is 0 Å². The molecule has 0 spiro atoms. The molecular weight excluding hydrogens is 186 g/mol. The number of hydrogen-bond acceptors (Lipinski definition) is 4. The molecule has 0 aromatic carbocycles. The Morgan fingerprint density at radius 1 is 1.69 bits per heavy atom. The van der Waals surface area contributed by atoms with Crippen LogP contribution in [0, 0.1) is 11.3 Å². The summed E-state index contributed by atoms with van der Waals surface area (Å²) in [7, 11) is 0. The number of rotatable bonds is 2. The highest BCUT2D eigenvalue weighted by atomic mass is 32.2. The standard InChI is InChI=1S/C8H13N3OS/c1-5(2)6(3)10-11-7(12)4-13-8(11)9/h5,9H,4H2,1-3H3/b9-8?,10-6+. The third kappa shape index (κ3) is 2.30. The van der Waals surface area contributed by atoms with E-state index in [2.05, 4.69) is 5.10 Å². The summed E-state index contributed by atoms with van der Waals surface area (Å²) in [4.78, 5) is 11.2. The molecule has 72 valence electrons. The molecule has 0 atom stereocenters. The smallest absolute Gasteiger partial charge is 0.259 e. The van der Waals surface area contributed by atoms with Gasteiger partial charge in [-0.25, -0.2) is 0 Å². The lowest BCUT2D eigenvalue weighted by atomic mass is 10.1. The SMILES string of the molecule is C/C(=N\N1C(=N)SCC1=O)C(C)C. The van der Waals surface area contributed by atoms with Crippen LogP contribution in [-0.2, 0) is 4.79 Å². The van der Waals surface area contributed by atoms with Gasteiger partial charge in [0.25, 0.3) is 5.91 Å². The van der Waals surface area contributed by atoms with E-state index in [-0.39, 0.29) is 11.1 Å². The average Bonchev–Trinajstić information content (AvgIpc) is 2.35. The van der Waals surface area contributed by atoms with Crippen molar-refractivity contribution in [3.8, 4) is 0 Å². The van der Waals surface area contributed by atoms with Crippen LogP contribution in [0.1, 0.15) is 20.8 Å². The largest absolute Gasteiger partial charge is 0.277 e. The molecule has 0 aromatic heterocycles. The van der Waals surface area contributed by atoms with E-state index in [4.69, 9.17) is 5.41 Å². The Balaban J connectivity index is 2.77. The lowest BCUT2D eigenvalue weighted by molar-refractivity contribution is -0.124. The van der Waals surface area contributed by atoms with Crippen LogP contribution in [-0.4, -0.2) is 27.5 Å². The minimum atomic E-state index is -0.102. The van der Waals surface area contributed by atoms with Gasteiger partial charge in [0.1, 0.15) is 0 Å². The van der Waals surface area contributed by atoms with E-state index in [1.165, 1.54) is 16.8 Å². The Morgan fingerprint density at radius 2 is 2.31 bits per heavy atom. The summed E-state index contributed by atoms with van der Waals surface area (Å²) < 4.78 is 0. The number of amides is 1. The number of nitrogens with zero attached hydrogens (tertiary/aromatic N) is 2. The zero-order valence-electron chi connectivity index (χ0n) is 8.00. The summed E-state index contributed by atoms with van der Waals surface area (Å²) in [6.45, 7) is 5.89. The highest BCUT2D eigenvalue weighted by Crippen LogP contribution is 2.18. The fourth-order valence-electron chi connectivity index (χ4n) is 0.740. The quantitative estimate of drug-likeness (QED) is 0.686. The van der Waals surface area contributed by atoms with Crippen LogP contribution in [0.25, 0.3) is 0 Å².